The maximum Gasteiger partial charge on any atom is 0.145 e. The molecule has 12 aromatic rings. The highest BCUT2D eigenvalue weighted by atomic mass is 16.3. The Hall–Kier alpha value is -8.58. The quantitative estimate of drug-likeness (QED) is 0.175. The van der Waals surface area contributed by atoms with Gasteiger partial charge in [0.05, 0.1) is 50.0 Å². The number of fused-ring (bicyclic) bond motifs is 12. The van der Waals surface area contributed by atoms with Gasteiger partial charge in [0.1, 0.15) is 23.3 Å². The van der Waals surface area contributed by atoms with Crippen LogP contribution in [0.15, 0.2) is 192 Å². The Balaban J connectivity index is 1.16. The first-order chi connectivity index (χ1) is 29.7. The standard InChI is InChI=1S/C54H31N5O/c55-32-35-30-50(36(33-56)29-49(35)58-45-21-11-9-20-43(45)52-40-18-8-7-13-34(40)23-26-47(52)58)59-46-27-24-39(57(37-14-3-1-4-15-37)38-16-5-2-6-17-38)31-44(46)53-48(59)28-25-42-41-19-10-12-22-51(41)60-54(42)53/h1-31H. The van der Waals surface area contributed by atoms with E-state index in [0.29, 0.717) is 22.5 Å². The van der Waals surface area contributed by atoms with Gasteiger partial charge >= 0.3 is 0 Å². The number of nitrogens with zero attached hydrogens (tertiary/aromatic N) is 5. The summed E-state index contributed by atoms with van der Waals surface area (Å²) in [6, 6.07) is 69.3. The highest BCUT2D eigenvalue weighted by Crippen LogP contribution is 2.45. The summed E-state index contributed by atoms with van der Waals surface area (Å²) in [5.41, 5.74) is 10.5. The number of rotatable bonds is 5. The van der Waals surface area contributed by atoms with Crippen LogP contribution in [-0.4, -0.2) is 9.13 Å². The van der Waals surface area contributed by atoms with E-state index in [-0.39, 0.29) is 0 Å². The molecule has 0 spiro atoms. The molecule has 0 aliphatic carbocycles. The minimum Gasteiger partial charge on any atom is -0.455 e. The number of benzene rings is 9. The third kappa shape index (κ3) is 4.80. The van der Waals surface area contributed by atoms with Crippen LogP contribution in [0.5, 0.6) is 0 Å². The van der Waals surface area contributed by atoms with Crippen molar-refractivity contribution >= 4 is 93.4 Å². The first-order valence-electron chi connectivity index (χ1n) is 19.9. The number of hydrogen-bond donors (Lipinski definition) is 0. The SMILES string of the molecule is N#Cc1cc(-n2c3ccc(N(c4ccccc4)c4ccccc4)cc3c3c4oc5ccccc5c4ccc32)c(C#N)cc1-n1c2ccccc2c2c3ccccc3ccc21. The van der Waals surface area contributed by atoms with Crippen molar-refractivity contribution in [3.8, 4) is 23.5 Å². The van der Waals surface area contributed by atoms with Crippen molar-refractivity contribution in [3.63, 3.8) is 0 Å². The molecular formula is C54H31N5O. The third-order valence-corrected chi connectivity index (χ3v) is 11.9. The van der Waals surface area contributed by atoms with Crippen LogP contribution in [0.1, 0.15) is 11.1 Å². The fourth-order valence-corrected chi connectivity index (χ4v) is 9.40. The van der Waals surface area contributed by atoms with Gasteiger partial charge in [0.2, 0.25) is 0 Å². The van der Waals surface area contributed by atoms with Crippen molar-refractivity contribution in [3.05, 3.63) is 199 Å². The molecule has 278 valence electrons. The molecule has 0 bridgehead atoms. The van der Waals surface area contributed by atoms with E-state index in [1.54, 1.807) is 0 Å². The Labute approximate surface area is 343 Å². The van der Waals surface area contributed by atoms with Crippen molar-refractivity contribution in [1.82, 2.24) is 9.13 Å². The van der Waals surface area contributed by atoms with Gasteiger partial charge in [-0.25, -0.2) is 0 Å². The van der Waals surface area contributed by atoms with Crippen molar-refractivity contribution in [2.75, 3.05) is 4.90 Å². The van der Waals surface area contributed by atoms with Crippen LogP contribution < -0.4 is 4.90 Å². The Morgan fingerprint density at radius 2 is 0.950 bits per heavy atom. The Morgan fingerprint density at radius 1 is 0.400 bits per heavy atom. The first kappa shape index (κ1) is 33.5. The van der Waals surface area contributed by atoms with Crippen LogP contribution in [0.4, 0.5) is 17.1 Å². The summed E-state index contributed by atoms with van der Waals surface area (Å²) < 4.78 is 11.0. The van der Waals surface area contributed by atoms with E-state index >= 15 is 0 Å². The number of para-hydroxylation sites is 4. The van der Waals surface area contributed by atoms with Crippen LogP contribution in [0.2, 0.25) is 0 Å². The molecule has 0 aliphatic heterocycles. The van der Waals surface area contributed by atoms with E-state index < -0.39 is 0 Å². The predicted molar refractivity (Wildman–Crippen MR) is 244 cm³/mol. The first-order valence-corrected chi connectivity index (χ1v) is 19.9. The number of hydrogen-bond acceptors (Lipinski definition) is 4. The fraction of sp³-hybridized carbons (Fsp3) is 0. The molecule has 9 aromatic carbocycles. The van der Waals surface area contributed by atoms with Gasteiger partial charge in [-0.2, -0.15) is 10.5 Å². The van der Waals surface area contributed by atoms with Crippen molar-refractivity contribution < 1.29 is 4.42 Å². The molecule has 0 aliphatic rings. The van der Waals surface area contributed by atoms with E-state index in [4.69, 9.17) is 4.42 Å². The maximum atomic E-state index is 11.1. The molecule has 0 saturated heterocycles. The number of nitriles is 2. The molecule has 6 nitrogen and oxygen atoms in total. The molecule has 0 amide bonds. The Kier molecular flexibility index (Phi) is 7.26. The zero-order valence-corrected chi connectivity index (χ0v) is 32.0. The summed E-state index contributed by atoms with van der Waals surface area (Å²) in [7, 11) is 0. The molecule has 0 N–H and O–H groups in total. The summed E-state index contributed by atoms with van der Waals surface area (Å²) in [5.74, 6) is 0. The molecule has 0 saturated carbocycles. The molecule has 12 rings (SSSR count). The molecule has 60 heavy (non-hydrogen) atoms. The molecule has 0 unspecified atom stereocenters. The lowest BCUT2D eigenvalue weighted by Gasteiger charge is -2.25. The largest absolute Gasteiger partial charge is 0.455 e. The zero-order chi connectivity index (χ0) is 39.9. The lowest BCUT2D eigenvalue weighted by Crippen LogP contribution is -2.09. The van der Waals surface area contributed by atoms with Gasteiger partial charge in [-0.1, -0.05) is 103 Å². The highest BCUT2D eigenvalue weighted by Gasteiger charge is 2.25. The Bertz CT molecular complexity index is 3760. The van der Waals surface area contributed by atoms with Gasteiger partial charge < -0.3 is 18.5 Å². The van der Waals surface area contributed by atoms with Crippen LogP contribution in [0.25, 0.3) is 87.7 Å². The second kappa shape index (κ2) is 13.0. The van der Waals surface area contributed by atoms with Gasteiger partial charge in [-0.05, 0) is 95.7 Å². The number of anilines is 3. The van der Waals surface area contributed by atoms with Crippen molar-refractivity contribution in [2.24, 2.45) is 0 Å². The molecule has 3 aromatic heterocycles. The zero-order valence-electron chi connectivity index (χ0n) is 32.0. The van der Waals surface area contributed by atoms with E-state index in [2.05, 4.69) is 166 Å². The van der Waals surface area contributed by atoms with Gasteiger partial charge in [0, 0.05) is 44.0 Å². The summed E-state index contributed by atoms with van der Waals surface area (Å²) >= 11 is 0. The minimum absolute atomic E-state index is 0.443. The van der Waals surface area contributed by atoms with Crippen molar-refractivity contribution in [2.45, 2.75) is 0 Å². The molecule has 3 heterocycles. The summed E-state index contributed by atoms with van der Waals surface area (Å²) in [6.07, 6.45) is 0. The van der Waals surface area contributed by atoms with Crippen molar-refractivity contribution in [1.29, 1.82) is 10.5 Å². The van der Waals surface area contributed by atoms with E-state index in [1.807, 2.05) is 48.5 Å². The normalized spacial score (nSPS) is 11.6. The predicted octanol–water partition coefficient (Wildman–Crippen LogP) is 14.1. The number of aromatic nitrogens is 2. The average Bonchev–Trinajstić information content (AvgIpc) is 3.97. The molecule has 0 fully saturated rings. The third-order valence-electron chi connectivity index (χ3n) is 11.9. The van der Waals surface area contributed by atoms with Crippen LogP contribution in [-0.2, 0) is 0 Å². The van der Waals surface area contributed by atoms with E-state index in [1.165, 1.54) is 0 Å². The second-order valence-electron chi connectivity index (χ2n) is 15.1. The average molecular weight is 766 g/mol. The topological polar surface area (TPSA) is 73.8 Å². The molecule has 6 heteroatoms. The smallest absolute Gasteiger partial charge is 0.145 e. The fourth-order valence-electron chi connectivity index (χ4n) is 9.40. The van der Waals surface area contributed by atoms with Gasteiger partial charge in [-0.15, -0.1) is 0 Å². The van der Waals surface area contributed by atoms with Gasteiger partial charge in [0.15, 0.2) is 0 Å². The monoisotopic (exact) mass is 765 g/mol. The highest BCUT2D eigenvalue weighted by molar-refractivity contribution is 6.25. The summed E-state index contributed by atoms with van der Waals surface area (Å²) in [5, 5.41) is 30.5. The number of furan rings is 1. The lowest BCUT2D eigenvalue weighted by atomic mass is 10.0. The summed E-state index contributed by atoms with van der Waals surface area (Å²) in [6.45, 7) is 0. The van der Waals surface area contributed by atoms with E-state index in [0.717, 1.165) is 93.4 Å². The van der Waals surface area contributed by atoms with Crippen LogP contribution in [0, 0.1) is 22.7 Å². The van der Waals surface area contributed by atoms with Gasteiger partial charge in [0.25, 0.3) is 0 Å². The van der Waals surface area contributed by atoms with Gasteiger partial charge in [-0.3, -0.25) is 0 Å². The second-order valence-corrected chi connectivity index (χ2v) is 15.1. The van der Waals surface area contributed by atoms with E-state index in [9.17, 15) is 10.5 Å². The van der Waals surface area contributed by atoms with Crippen LogP contribution in [0.3, 0.4) is 0 Å². The lowest BCUT2D eigenvalue weighted by molar-refractivity contribution is 0.673. The molecular weight excluding hydrogens is 735 g/mol. The Morgan fingerprint density at radius 3 is 1.65 bits per heavy atom. The minimum atomic E-state index is 0.443. The molecule has 0 atom stereocenters. The molecule has 0 radical (unpaired) electrons. The van der Waals surface area contributed by atoms with Crippen LogP contribution >= 0.6 is 0 Å². The summed E-state index contributed by atoms with van der Waals surface area (Å²) in [4.78, 5) is 2.25. The maximum absolute atomic E-state index is 11.1.